The van der Waals surface area contributed by atoms with Gasteiger partial charge in [-0.25, -0.2) is 0 Å². The summed E-state index contributed by atoms with van der Waals surface area (Å²) in [5, 5.41) is 0. The molecule has 0 amide bonds. The summed E-state index contributed by atoms with van der Waals surface area (Å²) in [7, 11) is 0. The van der Waals surface area contributed by atoms with E-state index in [0.29, 0.717) is 12.1 Å². The number of aromatic nitrogens is 1. The molecule has 2 heterocycles. The highest BCUT2D eigenvalue weighted by Crippen LogP contribution is 2.23. The van der Waals surface area contributed by atoms with Crippen LogP contribution < -0.4 is 0 Å². The number of Topliss-reactive ketones (excluding diaryl/α,β-unsaturated/α-hetero) is 1. The van der Waals surface area contributed by atoms with Gasteiger partial charge in [-0.15, -0.1) is 11.3 Å². The summed E-state index contributed by atoms with van der Waals surface area (Å²) in [5.41, 5.74) is 1.61. The van der Waals surface area contributed by atoms with Crippen LogP contribution in [0.3, 0.4) is 0 Å². The van der Waals surface area contributed by atoms with Crippen molar-refractivity contribution in [3.63, 3.8) is 0 Å². The molecular weight excluding hydrogens is 286 g/mol. The predicted octanol–water partition coefficient (Wildman–Crippen LogP) is 3.64. The molecular formula is C12H10BrNOS. The van der Waals surface area contributed by atoms with Gasteiger partial charge in [0.1, 0.15) is 5.69 Å². The molecule has 0 fully saturated rings. The molecule has 0 aromatic carbocycles. The normalized spacial score (nSPS) is 10.4. The Morgan fingerprint density at radius 2 is 2.25 bits per heavy atom. The van der Waals surface area contributed by atoms with Crippen LogP contribution in [0.2, 0.25) is 0 Å². The van der Waals surface area contributed by atoms with E-state index in [9.17, 15) is 4.79 Å². The number of nitrogens with zero attached hydrogens (tertiary/aromatic N) is 1. The summed E-state index contributed by atoms with van der Waals surface area (Å²) in [6, 6.07) is 7.63. The van der Waals surface area contributed by atoms with Crippen LogP contribution in [-0.2, 0) is 6.42 Å². The van der Waals surface area contributed by atoms with Crippen LogP contribution in [0.25, 0.3) is 0 Å². The lowest BCUT2D eigenvalue weighted by atomic mass is 10.1. The van der Waals surface area contributed by atoms with E-state index in [1.165, 1.54) is 0 Å². The lowest BCUT2D eigenvalue weighted by molar-refractivity contribution is 0.0989. The van der Waals surface area contributed by atoms with Gasteiger partial charge in [-0.05, 0) is 52.7 Å². The van der Waals surface area contributed by atoms with Crippen LogP contribution in [0.4, 0.5) is 0 Å². The average Bonchev–Trinajstić information content (AvgIpc) is 2.64. The molecule has 2 rings (SSSR count). The summed E-state index contributed by atoms with van der Waals surface area (Å²) in [6.07, 6.45) is 2.10. The van der Waals surface area contributed by atoms with Crippen molar-refractivity contribution in [2.45, 2.75) is 13.3 Å². The fraction of sp³-hybridized carbons (Fsp3) is 0.167. The molecule has 0 atom stereocenters. The third-order valence-corrected chi connectivity index (χ3v) is 3.79. The van der Waals surface area contributed by atoms with E-state index < -0.39 is 0 Å². The number of hydrogen-bond acceptors (Lipinski definition) is 3. The summed E-state index contributed by atoms with van der Waals surface area (Å²) in [4.78, 5) is 17.0. The molecule has 0 aliphatic heterocycles. The smallest absolute Gasteiger partial charge is 0.186 e. The maximum absolute atomic E-state index is 11.9. The largest absolute Gasteiger partial charge is 0.292 e. The van der Waals surface area contributed by atoms with E-state index in [2.05, 4.69) is 20.9 Å². The van der Waals surface area contributed by atoms with Crippen LogP contribution in [0.1, 0.15) is 20.9 Å². The van der Waals surface area contributed by atoms with Crippen molar-refractivity contribution in [3.05, 3.63) is 50.4 Å². The average molecular weight is 296 g/mol. The van der Waals surface area contributed by atoms with E-state index in [-0.39, 0.29) is 5.78 Å². The molecule has 0 unspecified atom stereocenters. The second kappa shape index (κ2) is 4.89. The van der Waals surface area contributed by atoms with Gasteiger partial charge in [0.15, 0.2) is 5.78 Å². The molecule has 0 saturated heterocycles. The molecule has 0 aliphatic rings. The van der Waals surface area contributed by atoms with E-state index >= 15 is 0 Å². The van der Waals surface area contributed by atoms with Crippen LogP contribution in [0.5, 0.6) is 0 Å². The number of carbonyl (C=O) groups excluding carboxylic acids is 1. The lowest BCUT2D eigenvalue weighted by Gasteiger charge is -1.99. The number of pyridine rings is 1. The van der Waals surface area contributed by atoms with Gasteiger partial charge in [-0.2, -0.15) is 0 Å². The van der Waals surface area contributed by atoms with Gasteiger partial charge in [0.05, 0.1) is 3.79 Å². The van der Waals surface area contributed by atoms with Gasteiger partial charge >= 0.3 is 0 Å². The Bertz CT molecular complexity index is 521. The monoisotopic (exact) mass is 295 g/mol. The van der Waals surface area contributed by atoms with E-state index in [0.717, 1.165) is 14.2 Å². The molecule has 82 valence electrons. The Balaban J connectivity index is 2.14. The Morgan fingerprint density at radius 3 is 2.88 bits per heavy atom. The zero-order valence-corrected chi connectivity index (χ0v) is 11.1. The van der Waals surface area contributed by atoms with Crippen LogP contribution in [0, 0.1) is 6.92 Å². The van der Waals surface area contributed by atoms with Gasteiger partial charge in [-0.1, -0.05) is 0 Å². The third-order valence-electron chi connectivity index (χ3n) is 2.16. The maximum Gasteiger partial charge on any atom is 0.186 e. The lowest BCUT2D eigenvalue weighted by Crippen LogP contribution is -2.04. The summed E-state index contributed by atoms with van der Waals surface area (Å²) < 4.78 is 1.05. The number of thiophene rings is 1. The van der Waals surface area contributed by atoms with Crippen molar-refractivity contribution in [3.8, 4) is 0 Å². The molecule has 0 radical (unpaired) electrons. The zero-order chi connectivity index (χ0) is 11.5. The fourth-order valence-corrected chi connectivity index (χ4v) is 2.87. The molecule has 0 N–H and O–H groups in total. The van der Waals surface area contributed by atoms with Gasteiger partial charge in [0.2, 0.25) is 0 Å². The van der Waals surface area contributed by atoms with Crippen molar-refractivity contribution in [1.29, 1.82) is 0 Å². The number of rotatable bonds is 3. The quantitative estimate of drug-likeness (QED) is 0.809. The van der Waals surface area contributed by atoms with E-state index in [4.69, 9.17) is 0 Å². The standard InChI is InChI=1S/C12H10BrNOS/c1-8-4-5-14-10(6-8)11(15)7-9-2-3-12(13)16-9/h2-6H,7H2,1H3. The van der Waals surface area contributed by atoms with Crippen LogP contribution in [-0.4, -0.2) is 10.8 Å². The van der Waals surface area contributed by atoms with Crippen molar-refractivity contribution in [1.82, 2.24) is 4.98 Å². The molecule has 16 heavy (non-hydrogen) atoms. The maximum atomic E-state index is 11.9. The fourth-order valence-electron chi connectivity index (χ4n) is 1.38. The summed E-state index contributed by atoms with van der Waals surface area (Å²) in [6.45, 7) is 1.96. The Labute approximate surface area is 106 Å². The summed E-state index contributed by atoms with van der Waals surface area (Å²) in [5.74, 6) is 0.0676. The van der Waals surface area contributed by atoms with Gasteiger partial charge in [-0.3, -0.25) is 9.78 Å². The zero-order valence-electron chi connectivity index (χ0n) is 8.74. The number of carbonyl (C=O) groups is 1. The van der Waals surface area contributed by atoms with Crippen LogP contribution in [0.15, 0.2) is 34.2 Å². The molecule has 2 aromatic rings. The topological polar surface area (TPSA) is 30.0 Å². The first-order valence-corrected chi connectivity index (χ1v) is 6.46. The molecule has 2 aromatic heterocycles. The molecule has 0 spiro atoms. The van der Waals surface area contributed by atoms with Gasteiger partial charge < -0.3 is 0 Å². The second-order valence-corrected chi connectivity index (χ2v) is 6.07. The number of aryl methyl sites for hydroxylation is 1. The molecule has 2 nitrogen and oxygen atoms in total. The number of hydrogen-bond donors (Lipinski definition) is 0. The van der Waals surface area contributed by atoms with Crippen molar-refractivity contribution < 1.29 is 4.79 Å². The molecule has 0 bridgehead atoms. The highest BCUT2D eigenvalue weighted by atomic mass is 79.9. The molecule has 0 aliphatic carbocycles. The summed E-state index contributed by atoms with van der Waals surface area (Å²) >= 11 is 4.96. The minimum absolute atomic E-state index is 0.0676. The number of ketones is 1. The second-order valence-electron chi connectivity index (χ2n) is 3.52. The van der Waals surface area contributed by atoms with Gasteiger partial charge in [0.25, 0.3) is 0 Å². The predicted molar refractivity (Wildman–Crippen MR) is 69.0 cm³/mol. The first-order valence-electron chi connectivity index (χ1n) is 4.85. The van der Waals surface area contributed by atoms with E-state index in [1.54, 1.807) is 17.5 Å². The van der Waals surface area contributed by atoms with Crippen molar-refractivity contribution in [2.75, 3.05) is 0 Å². The number of halogens is 1. The molecule has 0 saturated carbocycles. The minimum atomic E-state index is 0.0676. The molecule has 4 heteroatoms. The highest BCUT2D eigenvalue weighted by Gasteiger charge is 2.09. The Morgan fingerprint density at radius 1 is 1.44 bits per heavy atom. The third kappa shape index (κ3) is 2.77. The first kappa shape index (κ1) is 11.5. The van der Waals surface area contributed by atoms with Crippen molar-refractivity contribution in [2.24, 2.45) is 0 Å². The Hall–Kier alpha value is -1.000. The van der Waals surface area contributed by atoms with Crippen LogP contribution >= 0.6 is 27.3 Å². The highest BCUT2D eigenvalue weighted by molar-refractivity contribution is 9.11. The van der Waals surface area contributed by atoms with Crippen molar-refractivity contribution >= 4 is 33.0 Å². The van der Waals surface area contributed by atoms with E-state index in [1.807, 2.05) is 31.2 Å². The van der Waals surface area contributed by atoms with Gasteiger partial charge in [0, 0.05) is 17.5 Å². The minimum Gasteiger partial charge on any atom is -0.292 e. The SMILES string of the molecule is Cc1ccnc(C(=O)Cc2ccc(Br)s2)c1. The Kier molecular flexibility index (Phi) is 3.51. The first-order chi connectivity index (χ1) is 7.65.